The molecule has 2 aliphatic heterocycles. The van der Waals surface area contributed by atoms with E-state index < -0.39 is 55.6 Å². The maximum atomic E-state index is 12.5. The minimum atomic E-state index is -1.61. The van der Waals surface area contributed by atoms with Crippen LogP contribution in [0.2, 0.25) is 0 Å². The fraction of sp³-hybridized carbons (Fsp3) is 0.963. The lowest BCUT2D eigenvalue weighted by Crippen LogP contribution is -2.60. The van der Waals surface area contributed by atoms with E-state index in [9.17, 15) is 35.4 Å². The fourth-order valence-electron chi connectivity index (χ4n) is 4.87. The van der Waals surface area contributed by atoms with E-state index in [1.165, 1.54) is 6.42 Å². The lowest BCUT2D eigenvalue weighted by Gasteiger charge is -2.40. The van der Waals surface area contributed by atoms with Gasteiger partial charge in [-0.2, -0.15) is 0 Å². The van der Waals surface area contributed by atoms with E-state index in [-0.39, 0.29) is 25.4 Å². The highest BCUT2D eigenvalue weighted by Crippen LogP contribution is 2.23. The van der Waals surface area contributed by atoms with Crippen LogP contribution in [0.15, 0.2) is 0 Å². The van der Waals surface area contributed by atoms with Crippen molar-refractivity contribution in [3.05, 3.63) is 0 Å². The molecule has 2 aliphatic rings. The van der Waals surface area contributed by atoms with Crippen LogP contribution in [0.3, 0.4) is 0 Å². The zero-order valence-electron chi connectivity index (χ0n) is 23.2. The number of rotatable bonds is 19. The lowest BCUT2D eigenvalue weighted by molar-refractivity contribution is -0.303. The van der Waals surface area contributed by atoms with Crippen LogP contribution in [-0.4, -0.2) is 125 Å². The van der Waals surface area contributed by atoms with E-state index in [4.69, 9.17) is 18.9 Å². The quantitative estimate of drug-likeness (QED) is 0.101. The van der Waals surface area contributed by atoms with Gasteiger partial charge < -0.3 is 54.9 Å². The second-order valence-corrected chi connectivity index (χ2v) is 10.6. The molecule has 5 unspecified atom stereocenters. The van der Waals surface area contributed by atoms with Gasteiger partial charge in [0, 0.05) is 32.8 Å². The van der Waals surface area contributed by atoms with Gasteiger partial charge in [0.1, 0.15) is 30.5 Å². The molecule has 2 heterocycles. The standard InChI is InChI=1S/C27H51NO11/c1-2-20(30)23(32)19(17-38-27-26(35)25(34)24(33)21(16-29)39-27)28-22(31)9-5-3-4-6-12-36-13-7-8-18-10-14-37-15-11-18/h18-21,23-27,29-30,32-35H,2-17H2,1H3,(H,28,31)/t19-,20+,21?,23-,24?,25?,26?,27?/m0/s1. The van der Waals surface area contributed by atoms with Crippen molar-refractivity contribution in [2.75, 3.05) is 39.6 Å². The molecular weight excluding hydrogens is 514 g/mol. The van der Waals surface area contributed by atoms with Gasteiger partial charge in [0.15, 0.2) is 6.29 Å². The molecule has 0 bridgehead atoms. The van der Waals surface area contributed by atoms with Crippen LogP contribution in [0, 0.1) is 5.92 Å². The Hall–Kier alpha value is -0.930. The van der Waals surface area contributed by atoms with E-state index in [1.807, 2.05) is 0 Å². The van der Waals surface area contributed by atoms with Crippen molar-refractivity contribution >= 4 is 5.91 Å². The Bertz CT molecular complexity index is 649. The highest BCUT2D eigenvalue weighted by molar-refractivity contribution is 5.76. The van der Waals surface area contributed by atoms with Crippen molar-refractivity contribution in [2.45, 2.75) is 120 Å². The first kappa shape index (κ1) is 34.3. The summed E-state index contributed by atoms with van der Waals surface area (Å²) in [4.78, 5) is 12.5. The molecule has 12 nitrogen and oxygen atoms in total. The minimum absolute atomic E-state index is 0.234. The van der Waals surface area contributed by atoms with Crippen molar-refractivity contribution in [3.63, 3.8) is 0 Å². The first-order valence-electron chi connectivity index (χ1n) is 14.5. The highest BCUT2D eigenvalue weighted by atomic mass is 16.7. The molecule has 0 aromatic carbocycles. The van der Waals surface area contributed by atoms with E-state index in [2.05, 4.69) is 5.32 Å². The van der Waals surface area contributed by atoms with E-state index in [0.717, 1.165) is 64.3 Å². The molecule has 0 saturated carbocycles. The number of carbonyl (C=O) groups is 1. The minimum Gasteiger partial charge on any atom is -0.394 e. The van der Waals surface area contributed by atoms with Gasteiger partial charge in [-0.3, -0.25) is 4.79 Å². The Balaban J connectivity index is 1.64. The summed E-state index contributed by atoms with van der Waals surface area (Å²) in [6.07, 6.45) is -1.34. The molecule has 12 heteroatoms. The van der Waals surface area contributed by atoms with Crippen LogP contribution in [0.5, 0.6) is 0 Å². The van der Waals surface area contributed by atoms with Crippen molar-refractivity contribution in [1.82, 2.24) is 5.32 Å². The zero-order valence-corrected chi connectivity index (χ0v) is 23.2. The first-order valence-corrected chi connectivity index (χ1v) is 14.5. The van der Waals surface area contributed by atoms with Crippen molar-refractivity contribution in [2.24, 2.45) is 5.92 Å². The Morgan fingerprint density at radius 1 is 0.974 bits per heavy atom. The van der Waals surface area contributed by atoms with Crippen molar-refractivity contribution < 1.29 is 54.4 Å². The van der Waals surface area contributed by atoms with E-state index >= 15 is 0 Å². The molecule has 2 saturated heterocycles. The highest BCUT2D eigenvalue weighted by Gasteiger charge is 2.44. The summed E-state index contributed by atoms with van der Waals surface area (Å²) >= 11 is 0. The second kappa shape index (κ2) is 19.2. The number of amides is 1. The Morgan fingerprint density at radius 2 is 1.67 bits per heavy atom. The Kier molecular flexibility index (Phi) is 16.9. The summed E-state index contributed by atoms with van der Waals surface area (Å²) < 4.78 is 21.9. The maximum absolute atomic E-state index is 12.5. The normalized spacial score (nSPS) is 28.6. The number of aliphatic hydroxyl groups excluding tert-OH is 6. The average molecular weight is 566 g/mol. The monoisotopic (exact) mass is 565 g/mol. The van der Waals surface area contributed by atoms with Gasteiger partial charge in [-0.25, -0.2) is 0 Å². The number of carbonyl (C=O) groups excluding carboxylic acids is 1. The second-order valence-electron chi connectivity index (χ2n) is 10.6. The molecule has 0 aliphatic carbocycles. The van der Waals surface area contributed by atoms with Crippen LogP contribution < -0.4 is 5.32 Å². The summed E-state index contributed by atoms with van der Waals surface area (Å²) in [5, 5.41) is 62.6. The maximum Gasteiger partial charge on any atom is 0.220 e. The van der Waals surface area contributed by atoms with Gasteiger partial charge in [0.25, 0.3) is 0 Å². The van der Waals surface area contributed by atoms with Crippen LogP contribution in [0.1, 0.15) is 71.1 Å². The molecule has 39 heavy (non-hydrogen) atoms. The topological polar surface area (TPSA) is 187 Å². The van der Waals surface area contributed by atoms with E-state index in [1.54, 1.807) is 6.92 Å². The van der Waals surface area contributed by atoms with Gasteiger partial charge in [-0.1, -0.05) is 19.8 Å². The number of hydrogen-bond acceptors (Lipinski definition) is 11. The molecule has 2 fully saturated rings. The molecule has 0 aromatic rings. The molecule has 0 radical (unpaired) electrons. The molecule has 7 N–H and O–H groups in total. The largest absolute Gasteiger partial charge is 0.394 e. The van der Waals surface area contributed by atoms with Gasteiger partial charge in [-0.05, 0) is 50.9 Å². The summed E-state index contributed by atoms with van der Waals surface area (Å²) in [7, 11) is 0. The fourth-order valence-corrected chi connectivity index (χ4v) is 4.87. The smallest absolute Gasteiger partial charge is 0.220 e. The third-order valence-electron chi connectivity index (χ3n) is 7.54. The van der Waals surface area contributed by atoms with Crippen LogP contribution in [-0.2, 0) is 23.7 Å². The Morgan fingerprint density at radius 3 is 2.36 bits per heavy atom. The molecule has 230 valence electrons. The first-order chi connectivity index (χ1) is 18.8. The molecule has 0 aromatic heterocycles. The number of ether oxygens (including phenoxy) is 4. The number of nitrogens with one attached hydrogen (secondary N) is 1. The van der Waals surface area contributed by atoms with Crippen molar-refractivity contribution in [3.8, 4) is 0 Å². The van der Waals surface area contributed by atoms with Crippen LogP contribution in [0.25, 0.3) is 0 Å². The van der Waals surface area contributed by atoms with Gasteiger partial charge in [0.05, 0.1) is 25.4 Å². The SMILES string of the molecule is CC[C@@H](O)[C@@H](O)[C@H](COC1OC(CO)C(O)C(O)C1O)NC(=O)CCCCCCOCCCC1CCOCC1. The third kappa shape index (κ3) is 12.2. The van der Waals surface area contributed by atoms with Gasteiger partial charge in [-0.15, -0.1) is 0 Å². The van der Waals surface area contributed by atoms with Crippen LogP contribution in [0.4, 0.5) is 0 Å². The molecular formula is C27H51NO11. The number of aliphatic hydroxyl groups is 6. The predicted octanol–water partition coefficient (Wildman–Crippen LogP) is -0.407. The molecule has 1 amide bonds. The summed E-state index contributed by atoms with van der Waals surface area (Å²) in [6, 6.07) is -1.01. The summed E-state index contributed by atoms with van der Waals surface area (Å²) in [6.45, 7) is 3.98. The van der Waals surface area contributed by atoms with Gasteiger partial charge >= 0.3 is 0 Å². The molecule has 2 rings (SSSR count). The number of unbranched alkanes of at least 4 members (excludes halogenated alkanes) is 3. The molecule has 0 spiro atoms. The summed E-state index contributed by atoms with van der Waals surface area (Å²) in [5.74, 6) is 0.447. The zero-order chi connectivity index (χ0) is 28.6. The molecule has 8 atom stereocenters. The summed E-state index contributed by atoms with van der Waals surface area (Å²) in [5.41, 5.74) is 0. The Labute approximate surface area is 231 Å². The predicted molar refractivity (Wildman–Crippen MR) is 141 cm³/mol. The number of hydrogen-bond donors (Lipinski definition) is 7. The van der Waals surface area contributed by atoms with Crippen LogP contribution >= 0.6 is 0 Å². The lowest BCUT2D eigenvalue weighted by atomic mass is 9.95. The average Bonchev–Trinajstić information content (AvgIpc) is 2.95. The van der Waals surface area contributed by atoms with E-state index in [0.29, 0.717) is 13.0 Å². The van der Waals surface area contributed by atoms with Crippen molar-refractivity contribution in [1.29, 1.82) is 0 Å². The van der Waals surface area contributed by atoms with Gasteiger partial charge in [0.2, 0.25) is 5.91 Å². The third-order valence-corrected chi connectivity index (χ3v) is 7.54.